The van der Waals surface area contributed by atoms with E-state index >= 15 is 0 Å². The molecular formula is C21H23Cl2N3O3. The van der Waals surface area contributed by atoms with Gasteiger partial charge in [-0.1, -0.05) is 29.8 Å². The summed E-state index contributed by atoms with van der Waals surface area (Å²) in [5, 5.41) is 6.71. The number of nitrogens with one attached hydrogen (secondary N) is 2. The topological polar surface area (TPSA) is 70.7 Å². The quantitative estimate of drug-likeness (QED) is 0.773. The Kier molecular flexibility index (Phi) is 6.80. The highest BCUT2D eigenvalue weighted by Crippen LogP contribution is 2.32. The van der Waals surface area contributed by atoms with E-state index in [0.717, 1.165) is 16.8 Å². The van der Waals surface area contributed by atoms with Gasteiger partial charge >= 0.3 is 0 Å². The molecule has 29 heavy (non-hydrogen) atoms. The zero-order chi connectivity index (χ0) is 19.7. The molecule has 8 heteroatoms. The van der Waals surface area contributed by atoms with E-state index in [1.165, 1.54) is 0 Å². The van der Waals surface area contributed by atoms with E-state index in [0.29, 0.717) is 36.8 Å². The summed E-state index contributed by atoms with van der Waals surface area (Å²) in [6.45, 7) is 3.63. The molecule has 2 aliphatic heterocycles. The van der Waals surface area contributed by atoms with Gasteiger partial charge in [-0.05, 0) is 42.3 Å². The third-order valence-corrected chi connectivity index (χ3v) is 5.38. The number of amides is 2. The predicted molar refractivity (Wildman–Crippen MR) is 116 cm³/mol. The van der Waals surface area contributed by atoms with E-state index < -0.39 is 0 Å². The molecule has 1 saturated heterocycles. The molecule has 0 unspecified atom stereocenters. The zero-order valence-electron chi connectivity index (χ0n) is 16.0. The van der Waals surface area contributed by atoms with Crippen LogP contribution in [-0.2, 0) is 27.3 Å². The summed E-state index contributed by atoms with van der Waals surface area (Å²) in [5.41, 5.74) is 3.55. The zero-order valence-corrected chi connectivity index (χ0v) is 17.6. The Morgan fingerprint density at radius 1 is 1.28 bits per heavy atom. The van der Waals surface area contributed by atoms with Crippen molar-refractivity contribution in [1.29, 1.82) is 0 Å². The number of nitrogens with zero attached hydrogens (tertiary/aromatic N) is 1. The van der Waals surface area contributed by atoms with Crippen LogP contribution < -0.4 is 15.5 Å². The van der Waals surface area contributed by atoms with Crippen LogP contribution in [0.4, 0.5) is 11.4 Å². The maximum absolute atomic E-state index is 12.4. The monoisotopic (exact) mass is 435 g/mol. The van der Waals surface area contributed by atoms with Gasteiger partial charge in [-0.25, -0.2) is 0 Å². The predicted octanol–water partition coefficient (Wildman–Crippen LogP) is 3.17. The first-order valence-corrected chi connectivity index (χ1v) is 9.72. The highest BCUT2D eigenvalue weighted by molar-refractivity contribution is 6.31. The average molecular weight is 436 g/mol. The van der Waals surface area contributed by atoms with E-state index in [9.17, 15) is 9.59 Å². The second kappa shape index (κ2) is 9.13. The fraction of sp³-hybridized carbons (Fsp3) is 0.333. The molecule has 154 valence electrons. The summed E-state index contributed by atoms with van der Waals surface area (Å²) in [6, 6.07) is 12.7. The second-order valence-corrected chi connectivity index (χ2v) is 7.56. The van der Waals surface area contributed by atoms with Crippen LogP contribution >= 0.6 is 24.0 Å². The Hall–Kier alpha value is -2.12. The number of carbonyl (C=O) groups excluding carboxylic acids is 2. The number of carbonyl (C=O) groups is 2. The average Bonchev–Trinajstić information content (AvgIpc) is 2.98. The van der Waals surface area contributed by atoms with Gasteiger partial charge in [0.05, 0.1) is 25.7 Å². The van der Waals surface area contributed by atoms with E-state index in [1.54, 1.807) is 4.90 Å². The van der Waals surface area contributed by atoms with Crippen molar-refractivity contribution in [3.8, 4) is 0 Å². The first-order chi connectivity index (χ1) is 13.5. The minimum absolute atomic E-state index is 0. The third-order valence-electron chi connectivity index (χ3n) is 5.14. The highest BCUT2D eigenvalue weighted by atomic mass is 35.5. The molecular weight excluding hydrogens is 413 g/mol. The number of rotatable bonds is 4. The maximum Gasteiger partial charge on any atom is 0.244 e. The fourth-order valence-electron chi connectivity index (χ4n) is 3.63. The molecule has 0 radical (unpaired) electrons. The number of hydrogen-bond donors (Lipinski definition) is 2. The van der Waals surface area contributed by atoms with Crippen molar-refractivity contribution in [2.75, 3.05) is 23.4 Å². The summed E-state index contributed by atoms with van der Waals surface area (Å²) < 4.78 is 5.52. The molecule has 2 heterocycles. The van der Waals surface area contributed by atoms with Crippen LogP contribution in [0.1, 0.15) is 18.1 Å². The van der Waals surface area contributed by atoms with Crippen molar-refractivity contribution >= 4 is 47.2 Å². The van der Waals surface area contributed by atoms with Gasteiger partial charge in [-0.2, -0.15) is 0 Å². The van der Waals surface area contributed by atoms with Crippen LogP contribution in [0.3, 0.4) is 0 Å². The van der Waals surface area contributed by atoms with Crippen LogP contribution in [-0.4, -0.2) is 37.1 Å². The minimum Gasteiger partial charge on any atom is -0.375 e. The summed E-state index contributed by atoms with van der Waals surface area (Å²) in [5.74, 6) is -0.0507. The summed E-state index contributed by atoms with van der Waals surface area (Å²) in [6.07, 6.45) is 0.232. The lowest BCUT2D eigenvalue weighted by Crippen LogP contribution is -2.53. The van der Waals surface area contributed by atoms with Gasteiger partial charge in [0.2, 0.25) is 11.8 Å². The smallest absolute Gasteiger partial charge is 0.244 e. The van der Waals surface area contributed by atoms with Gasteiger partial charge in [0.1, 0.15) is 6.04 Å². The number of morpholine rings is 1. The molecule has 6 nitrogen and oxygen atoms in total. The largest absolute Gasteiger partial charge is 0.375 e. The van der Waals surface area contributed by atoms with E-state index in [-0.39, 0.29) is 36.4 Å². The summed E-state index contributed by atoms with van der Waals surface area (Å²) in [7, 11) is 0. The van der Waals surface area contributed by atoms with Gasteiger partial charge in [0, 0.05) is 22.9 Å². The fourth-order valence-corrected chi connectivity index (χ4v) is 3.79. The number of anilines is 2. The number of hydrogen-bond acceptors (Lipinski definition) is 4. The van der Waals surface area contributed by atoms with Crippen molar-refractivity contribution in [2.24, 2.45) is 0 Å². The molecule has 2 aliphatic rings. The lowest BCUT2D eigenvalue weighted by atomic mass is 10.1. The Labute approximate surface area is 181 Å². The number of halogens is 2. The first kappa shape index (κ1) is 21.6. The normalized spacial score (nSPS) is 20.8. The summed E-state index contributed by atoms with van der Waals surface area (Å²) in [4.78, 5) is 26.6. The lowest BCUT2D eigenvalue weighted by Gasteiger charge is -2.29. The molecule has 0 saturated carbocycles. The second-order valence-electron chi connectivity index (χ2n) is 7.12. The molecule has 2 atom stereocenters. The molecule has 4 rings (SSSR count). The number of benzene rings is 2. The van der Waals surface area contributed by atoms with Crippen molar-refractivity contribution in [3.05, 3.63) is 58.6 Å². The standard InChI is InChI=1S/C21H22ClN3O3.ClH/c1-13-20(23-8-9-28-13)21(27)24-17-6-2-14(3-7-17)12-25-18-11-16(22)5-4-15(18)10-19(25)26;/h2-7,11,13,20,23H,8-10,12H2,1H3,(H,24,27);1H/t13-,20+;/m1./s1. The Morgan fingerprint density at radius 2 is 2.03 bits per heavy atom. The molecule has 1 fully saturated rings. The Bertz CT molecular complexity index is 905. The van der Waals surface area contributed by atoms with Gasteiger partial charge in [0.25, 0.3) is 0 Å². The molecule has 0 aliphatic carbocycles. The van der Waals surface area contributed by atoms with Gasteiger partial charge in [-0.15, -0.1) is 12.4 Å². The van der Waals surface area contributed by atoms with Gasteiger partial charge in [-0.3, -0.25) is 9.59 Å². The van der Waals surface area contributed by atoms with E-state index in [2.05, 4.69) is 10.6 Å². The maximum atomic E-state index is 12.4. The van der Waals surface area contributed by atoms with Crippen molar-refractivity contribution in [3.63, 3.8) is 0 Å². The van der Waals surface area contributed by atoms with E-state index in [1.807, 2.05) is 49.4 Å². The van der Waals surface area contributed by atoms with Crippen molar-refractivity contribution in [1.82, 2.24) is 5.32 Å². The Morgan fingerprint density at radius 3 is 2.76 bits per heavy atom. The van der Waals surface area contributed by atoms with Crippen molar-refractivity contribution in [2.45, 2.75) is 32.0 Å². The summed E-state index contributed by atoms with van der Waals surface area (Å²) >= 11 is 6.09. The van der Waals surface area contributed by atoms with Crippen LogP contribution in [0.5, 0.6) is 0 Å². The highest BCUT2D eigenvalue weighted by Gasteiger charge is 2.29. The van der Waals surface area contributed by atoms with Gasteiger partial charge in [0.15, 0.2) is 0 Å². The van der Waals surface area contributed by atoms with Crippen LogP contribution in [0.25, 0.3) is 0 Å². The van der Waals surface area contributed by atoms with Gasteiger partial charge < -0.3 is 20.3 Å². The molecule has 2 aromatic rings. The molecule has 0 spiro atoms. The minimum atomic E-state index is -0.364. The Balaban J connectivity index is 0.00000240. The SMILES string of the molecule is C[C@H]1OCCN[C@@H]1C(=O)Nc1ccc(CN2C(=O)Cc3ccc(Cl)cc32)cc1.Cl. The molecule has 2 aromatic carbocycles. The van der Waals surface area contributed by atoms with Crippen LogP contribution in [0, 0.1) is 0 Å². The van der Waals surface area contributed by atoms with Crippen molar-refractivity contribution < 1.29 is 14.3 Å². The third kappa shape index (κ3) is 4.73. The molecule has 2 amide bonds. The van der Waals surface area contributed by atoms with Crippen LogP contribution in [0.2, 0.25) is 5.02 Å². The van der Waals surface area contributed by atoms with Crippen LogP contribution in [0.15, 0.2) is 42.5 Å². The number of fused-ring (bicyclic) bond motifs is 1. The lowest BCUT2D eigenvalue weighted by molar-refractivity contribution is -0.123. The molecule has 0 aromatic heterocycles. The van der Waals surface area contributed by atoms with E-state index in [4.69, 9.17) is 16.3 Å². The first-order valence-electron chi connectivity index (χ1n) is 9.35. The molecule has 2 N–H and O–H groups in total. The molecule has 0 bridgehead atoms. The number of ether oxygens (including phenoxy) is 1.